The SMILES string of the molecule is C=CNC(C)=O.C=COS(=O)[O-].[Li+]. The maximum Gasteiger partial charge on any atom is 1.00 e. The largest absolute Gasteiger partial charge is 1.00 e. The number of hydrogen-bond acceptors (Lipinski definition) is 4. The topological polar surface area (TPSA) is 78.5 Å². The second-order valence-electron chi connectivity index (χ2n) is 1.37. The van der Waals surface area contributed by atoms with E-state index in [0.717, 1.165) is 6.26 Å². The number of amides is 1. The van der Waals surface area contributed by atoms with Crippen LogP contribution in [0.25, 0.3) is 0 Å². The van der Waals surface area contributed by atoms with Gasteiger partial charge in [-0.3, -0.25) is 4.79 Å². The minimum absolute atomic E-state index is 0. The molecule has 0 fully saturated rings. The van der Waals surface area contributed by atoms with Crippen molar-refractivity contribution >= 4 is 17.3 Å². The van der Waals surface area contributed by atoms with Gasteiger partial charge in [0.2, 0.25) is 5.91 Å². The fourth-order valence-electron chi connectivity index (χ4n) is 0.199. The van der Waals surface area contributed by atoms with Crippen molar-refractivity contribution in [2.24, 2.45) is 0 Å². The Kier molecular flexibility index (Phi) is 19.7. The van der Waals surface area contributed by atoms with Crippen LogP contribution in [0.3, 0.4) is 0 Å². The molecule has 0 saturated carbocycles. The van der Waals surface area contributed by atoms with Crippen molar-refractivity contribution in [3.05, 3.63) is 25.6 Å². The zero-order valence-corrected chi connectivity index (χ0v) is 8.43. The van der Waals surface area contributed by atoms with Gasteiger partial charge >= 0.3 is 18.9 Å². The van der Waals surface area contributed by atoms with E-state index >= 15 is 0 Å². The summed E-state index contributed by atoms with van der Waals surface area (Å²) in [5, 5.41) is 2.33. The molecule has 0 aliphatic carbocycles. The molecule has 0 heterocycles. The predicted molar refractivity (Wildman–Crippen MR) is 44.2 cm³/mol. The third kappa shape index (κ3) is 34.4. The van der Waals surface area contributed by atoms with Gasteiger partial charge in [0.1, 0.15) is 11.4 Å². The molecule has 0 aromatic heterocycles. The Morgan fingerprint density at radius 3 is 2.08 bits per heavy atom. The van der Waals surface area contributed by atoms with Crippen LogP contribution < -0.4 is 24.2 Å². The molecular formula is C6H10LiNO4S. The van der Waals surface area contributed by atoms with E-state index in [0.29, 0.717) is 0 Å². The molecule has 0 spiro atoms. The molecule has 7 heteroatoms. The minimum atomic E-state index is -2.43. The molecule has 1 atom stereocenters. The summed E-state index contributed by atoms with van der Waals surface area (Å²) in [6, 6.07) is 0. The van der Waals surface area contributed by atoms with Crippen molar-refractivity contribution in [3.8, 4) is 0 Å². The summed E-state index contributed by atoms with van der Waals surface area (Å²) >= 11 is -2.43. The monoisotopic (exact) mass is 199 g/mol. The van der Waals surface area contributed by atoms with E-state index in [2.05, 4.69) is 22.7 Å². The Morgan fingerprint density at radius 1 is 1.62 bits per heavy atom. The molecule has 1 amide bonds. The maximum atomic E-state index is 9.86. The molecule has 13 heavy (non-hydrogen) atoms. The first-order chi connectivity index (χ1) is 5.54. The Balaban J connectivity index is -0.000000143. The first kappa shape index (κ1) is 18.3. The van der Waals surface area contributed by atoms with Crippen LogP contribution in [-0.2, 0) is 20.3 Å². The summed E-state index contributed by atoms with van der Waals surface area (Å²) in [6.07, 6.45) is 2.19. The molecule has 0 aromatic carbocycles. The normalized spacial score (nSPS) is 9.08. The molecule has 0 aliphatic rings. The zero-order chi connectivity index (χ0) is 9.98. The average Bonchev–Trinajstić information content (AvgIpc) is 1.87. The molecule has 0 radical (unpaired) electrons. The van der Waals surface area contributed by atoms with Gasteiger partial charge in [0, 0.05) is 6.92 Å². The molecule has 70 valence electrons. The quantitative estimate of drug-likeness (QED) is 0.303. The molecular weight excluding hydrogens is 189 g/mol. The van der Waals surface area contributed by atoms with Crippen LogP contribution in [0.4, 0.5) is 0 Å². The van der Waals surface area contributed by atoms with E-state index in [1.807, 2.05) is 0 Å². The third-order valence-corrected chi connectivity index (χ3v) is 0.745. The first-order valence-corrected chi connectivity index (χ1v) is 3.79. The molecule has 0 bridgehead atoms. The summed E-state index contributed by atoms with van der Waals surface area (Å²) in [6.45, 7) is 7.69. The molecule has 1 unspecified atom stereocenters. The van der Waals surface area contributed by atoms with Gasteiger partial charge in [-0.25, -0.2) is 4.21 Å². The van der Waals surface area contributed by atoms with E-state index in [1.165, 1.54) is 13.1 Å². The van der Waals surface area contributed by atoms with Crippen LogP contribution in [-0.4, -0.2) is 14.7 Å². The molecule has 0 rings (SSSR count). The number of carbonyl (C=O) groups excluding carboxylic acids is 1. The summed E-state index contributed by atoms with van der Waals surface area (Å²) < 4.78 is 22.3. The van der Waals surface area contributed by atoms with Gasteiger partial charge in [-0.05, 0) is 6.20 Å². The van der Waals surface area contributed by atoms with Gasteiger partial charge < -0.3 is 14.1 Å². The van der Waals surface area contributed by atoms with E-state index in [9.17, 15) is 13.6 Å². The molecule has 0 aliphatic heterocycles. The standard InChI is InChI=1S/C4H7NO.C2H4O3S.Li/c1-3-5-4(2)6;1-2-5-6(3)4;/h3H,1H2,2H3,(H,5,6);2H,1H2,(H,3,4);/q;;+1/p-1. The number of carbonyl (C=O) groups is 1. The summed E-state index contributed by atoms with van der Waals surface area (Å²) in [5.41, 5.74) is 0. The van der Waals surface area contributed by atoms with Crippen molar-refractivity contribution < 1.29 is 36.6 Å². The summed E-state index contributed by atoms with van der Waals surface area (Å²) in [4.78, 5) is 9.86. The average molecular weight is 199 g/mol. The number of nitrogens with one attached hydrogen (secondary N) is 1. The van der Waals surface area contributed by atoms with Gasteiger partial charge in [0.05, 0.1) is 6.26 Å². The predicted octanol–water partition coefficient (Wildman–Crippen LogP) is -2.79. The van der Waals surface area contributed by atoms with Crippen LogP contribution in [0.2, 0.25) is 0 Å². The van der Waals surface area contributed by atoms with E-state index < -0.39 is 11.4 Å². The third-order valence-electron chi connectivity index (χ3n) is 0.452. The van der Waals surface area contributed by atoms with Crippen molar-refractivity contribution in [3.63, 3.8) is 0 Å². The molecule has 0 saturated heterocycles. The van der Waals surface area contributed by atoms with E-state index in [4.69, 9.17) is 0 Å². The minimum Gasteiger partial charge on any atom is -0.740 e. The van der Waals surface area contributed by atoms with Crippen molar-refractivity contribution in [2.45, 2.75) is 6.92 Å². The zero-order valence-electron chi connectivity index (χ0n) is 7.61. The molecule has 1 N–H and O–H groups in total. The van der Waals surface area contributed by atoms with Gasteiger partial charge in [0.25, 0.3) is 0 Å². The number of rotatable bonds is 3. The summed E-state index contributed by atoms with van der Waals surface area (Å²) in [7, 11) is 0. The smallest absolute Gasteiger partial charge is 0.740 e. The van der Waals surface area contributed by atoms with Crippen molar-refractivity contribution in [1.29, 1.82) is 0 Å². The van der Waals surface area contributed by atoms with Crippen LogP contribution in [0, 0.1) is 0 Å². The van der Waals surface area contributed by atoms with E-state index in [1.54, 1.807) is 0 Å². The van der Waals surface area contributed by atoms with Crippen LogP contribution in [0.5, 0.6) is 0 Å². The van der Waals surface area contributed by atoms with Gasteiger partial charge in [-0.1, -0.05) is 13.2 Å². The van der Waals surface area contributed by atoms with Gasteiger partial charge in [-0.2, -0.15) is 0 Å². The Labute approximate surface area is 91.9 Å². The van der Waals surface area contributed by atoms with Crippen LogP contribution in [0.1, 0.15) is 6.92 Å². The Hall–Kier alpha value is -0.543. The van der Waals surface area contributed by atoms with Crippen LogP contribution >= 0.6 is 0 Å². The second-order valence-corrected chi connectivity index (χ2v) is 1.97. The Morgan fingerprint density at radius 2 is 2.08 bits per heavy atom. The fraction of sp³-hybridized carbons (Fsp3) is 0.167. The number of hydrogen-bond donors (Lipinski definition) is 1. The van der Waals surface area contributed by atoms with Crippen molar-refractivity contribution in [1.82, 2.24) is 5.32 Å². The van der Waals surface area contributed by atoms with E-state index in [-0.39, 0.29) is 24.8 Å². The Bertz CT molecular complexity index is 165. The molecule has 5 nitrogen and oxygen atoms in total. The van der Waals surface area contributed by atoms with Crippen molar-refractivity contribution in [2.75, 3.05) is 0 Å². The van der Waals surface area contributed by atoms with Gasteiger partial charge in [-0.15, -0.1) is 0 Å². The van der Waals surface area contributed by atoms with Crippen LogP contribution in [0.15, 0.2) is 25.6 Å². The second kappa shape index (κ2) is 14.0. The first-order valence-electron chi connectivity index (χ1n) is 2.79. The van der Waals surface area contributed by atoms with Gasteiger partial charge in [0.15, 0.2) is 0 Å². The fourth-order valence-corrected chi connectivity index (χ4v) is 0.310. The maximum absolute atomic E-state index is 9.86. The molecule has 0 aromatic rings. The summed E-state index contributed by atoms with van der Waals surface area (Å²) in [5.74, 6) is -0.0787.